The number of aromatic nitrogens is 15. The number of halogens is 6. The van der Waals surface area contributed by atoms with E-state index in [4.69, 9.17) is 18.9 Å². The monoisotopic (exact) mass is 1500 g/mol. The molecule has 3 aliphatic carbocycles. The number of hydrogen-bond donors (Lipinski definition) is 6. The SMILES string of the molecule is C.CN1CCN(c2ccn3ncc(C(=O)Nc4cn(C5CCC(C=O)CC5)nc4C(F)F)c3n2)CC1.CN1CCN(c2ccn3ncc(C(=O)Nc4cn(C5CCC(CO)CC5)nc4C(F)F)c3n2)CC1.CN1CCN(c2ccn3ncc(C(=O)O)c3n2)CC1.Nc1cn(C2CCC(CO)CC2)nc1C(F)F.[2H][3H]. The summed E-state index contributed by atoms with van der Waals surface area (Å²) in [7, 11) is 6.23. The molecular formula is C70H96F6N24O7. The fourth-order valence-corrected chi connectivity index (χ4v) is 14.2. The topological polar surface area (TPSA) is 343 Å². The Hall–Kier alpha value is -9.85. The number of aldehydes is 1. The number of aliphatic hydroxyl groups excluding tert-OH is 2. The van der Waals surface area contributed by atoms with Crippen molar-refractivity contribution >= 4 is 75.5 Å². The molecule has 0 bridgehead atoms. The first-order valence-corrected chi connectivity index (χ1v) is 35.9. The van der Waals surface area contributed by atoms with E-state index in [-0.39, 0.29) is 90.0 Å². The molecule has 9 aromatic heterocycles. The first kappa shape index (κ1) is 76.8. The highest BCUT2D eigenvalue weighted by atomic mass is 19.3. The second kappa shape index (κ2) is 35.2. The Morgan fingerprint density at radius 1 is 0.514 bits per heavy atom. The molecule has 3 aliphatic heterocycles. The molecule has 12 heterocycles. The number of nitrogens with zero attached hydrogens (tertiary/aromatic N) is 21. The van der Waals surface area contributed by atoms with Crippen molar-refractivity contribution in [3.63, 3.8) is 0 Å². The molecule has 7 N–H and O–H groups in total. The number of amides is 2. The van der Waals surface area contributed by atoms with Gasteiger partial charge in [-0.1, -0.05) is 7.43 Å². The Morgan fingerprint density at radius 2 is 0.832 bits per heavy atom. The molecule has 0 radical (unpaired) electrons. The highest BCUT2D eigenvalue weighted by Gasteiger charge is 2.32. The minimum absolute atomic E-state index is 0. The van der Waals surface area contributed by atoms with E-state index < -0.39 is 48.4 Å². The summed E-state index contributed by atoms with van der Waals surface area (Å²) in [6.45, 7) is 11.1. The molecule has 3 saturated carbocycles. The number of alkyl halides is 6. The summed E-state index contributed by atoms with van der Waals surface area (Å²) >= 11 is 0. The Balaban J connectivity index is 0.000000160. The van der Waals surface area contributed by atoms with E-state index in [1.807, 2.05) is 18.2 Å². The molecule has 9 aromatic rings. The maximum atomic E-state index is 13.8. The largest absolute Gasteiger partial charge is 0.477 e. The van der Waals surface area contributed by atoms with Gasteiger partial charge < -0.3 is 65.9 Å². The fraction of sp³-hybridized carbons (Fsp3) is 0.557. The number of likely N-dealkylation sites (N-methyl/N-ethyl adjacent to an activating group) is 3. The van der Waals surface area contributed by atoms with E-state index in [2.05, 4.69) is 107 Å². The highest BCUT2D eigenvalue weighted by molar-refractivity contribution is 6.09. The smallest absolute Gasteiger partial charge is 0.341 e. The number of carboxylic acid groups (broad SMARTS) is 1. The number of fused-ring (bicyclic) bond motifs is 3. The lowest BCUT2D eigenvalue weighted by atomic mass is 9.87. The number of carboxylic acids is 1. The molecule has 2 amide bonds. The second-order valence-corrected chi connectivity index (χ2v) is 28.0. The lowest BCUT2D eigenvalue weighted by Gasteiger charge is -2.33. The van der Waals surface area contributed by atoms with Crippen molar-refractivity contribution in [1.82, 2.24) is 87.8 Å². The summed E-state index contributed by atoms with van der Waals surface area (Å²) < 4.78 is 99.2. The molecule has 0 unspecified atom stereocenters. The van der Waals surface area contributed by atoms with E-state index in [9.17, 15) is 50.6 Å². The molecule has 37 heteroatoms. The Kier molecular flexibility index (Phi) is 25.3. The quantitative estimate of drug-likeness (QED) is 0.0367. The number of carbonyl (C=O) groups excluding carboxylic acids is 3. The second-order valence-electron chi connectivity index (χ2n) is 28.0. The van der Waals surface area contributed by atoms with Crippen LogP contribution in [0.4, 0.5) is 60.9 Å². The molecule has 3 saturated heterocycles. The molecule has 6 aliphatic rings. The van der Waals surface area contributed by atoms with Gasteiger partial charge in [-0.05, 0) is 128 Å². The van der Waals surface area contributed by atoms with Crippen molar-refractivity contribution in [3.05, 3.63) is 108 Å². The summed E-state index contributed by atoms with van der Waals surface area (Å²) in [5.74, 6) is 0.758. The van der Waals surface area contributed by atoms with Crippen LogP contribution in [0.2, 0.25) is 0 Å². The summed E-state index contributed by atoms with van der Waals surface area (Å²) in [5, 5.41) is 57.1. The number of aromatic carboxylic acids is 1. The summed E-state index contributed by atoms with van der Waals surface area (Å²) in [4.78, 5) is 75.3. The standard InChI is InChI=1S/C23H30F2N8O2.C23H28F2N8O2.C12H15N5O2.C11H17F2N3O.CH4.H2/c2*1-30-8-10-31(11-9-30)19-6-7-32-22(28-19)17(12-26-32)23(35)27-18-13-33(29-20(18)21(24)25)16-4-2-15(14-34)3-5-16;1-15-4-6-16(7-5-15)10-2-3-17-11(14-10)9(8-13-17)12(18)19;12-11(13)10-9(14)5-16(15-10)8-3-1-7(6-17)2-4-8;;/h6-7,12-13,15-16,21,34H,2-5,8-11,14H2,1H3,(H,27,35);6-7,12-16,21H,2-5,8-11H2,1H3,(H,27,35);2-3,8H,4-7H2,1H3,(H,18,19);5,7-8,11,17H,1-4,6,14H2;1H4;1H/i;;;;;1+2D. The van der Waals surface area contributed by atoms with Crippen LogP contribution >= 0.6 is 0 Å². The van der Waals surface area contributed by atoms with Crippen LogP contribution in [0.15, 0.2) is 74.0 Å². The maximum absolute atomic E-state index is 13.8. The fourth-order valence-electron chi connectivity index (χ4n) is 14.2. The number of nitrogen functional groups attached to an aromatic ring is 1. The van der Waals surface area contributed by atoms with Crippen LogP contribution in [-0.4, -0.2) is 240 Å². The van der Waals surface area contributed by atoms with Gasteiger partial charge in [-0.15, -0.1) is 0 Å². The van der Waals surface area contributed by atoms with Gasteiger partial charge >= 0.3 is 5.97 Å². The lowest BCUT2D eigenvalue weighted by molar-refractivity contribution is -0.112. The van der Waals surface area contributed by atoms with Crippen LogP contribution in [0, 0.1) is 17.8 Å². The number of nitrogens with two attached hydrogens (primary N) is 1. The Morgan fingerprint density at radius 3 is 1.15 bits per heavy atom. The number of nitrogens with one attached hydrogen (secondary N) is 2. The zero-order valence-corrected chi connectivity index (χ0v) is 59.3. The molecule has 580 valence electrons. The first-order valence-electron chi connectivity index (χ1n) is 36.9. The average molecular weight is 1500 g/mol. The molecule has 107 heavy (non-hydrogen) atoms. The minimum Gasteiger partial charge on any atom is -0.477 e. The predicted octanol–water partition coefficient (Wildman–Crippen LogP) is 8.58. The van der Waals surface area contributed by atoms with E-state index in [0.29, 0.717) is 48.5 Å². The van der Waals surface area contributed by atoms with Gasteiger partial charge in [0.1, 0.15) is 40.4 Å². The minimum atomic E-state index is -2.84. The third-order valence-electron chi connectivity index (χ3n) is 20.9. The number of piperazine rings is 3. The third kappa shape index (κ3) is 18.6. The maximum Gasteiger partial charge on any atom is 0.341 e. The lowest BCUT2D eigenvalue weighted by Crippen LogP contribution is -2.44. The van der Waals surface area contributed by atoms with Crippen LogP contribution in [0.3, 0.4) is 0 Å². The number of anilines is 6. The Bertz CT molecular complexity index is 4450. The van der Waals surface area contributed by atoms with Crippen molar-refractivity contribution in [2.24, 2.45) is 17.8 Å². The van der Waals surface area contributed by atoms with Crippen LogP contribution in [0.5, 0.6) is 0 Å². The van der Waals surface area contributed by atoms with Crippen molar-refractivity contribution in [1.29, 1.82) is 0 Å². The molecular weight excluding hydrogens is 1400 g/mol. The van der Waals surface area contributed by atoms with Gasteiger partial charge in [-0.2, -0.15) is 30.6 Å². The predicted molar refractivity (Wildman–Crippen MR) is 389 cm³/mol. The molecule has 6 fully saturated rings. The molecule has 31 nitrogen and oxygen atoms in total. The number of carbonyl (C=O) groups is 4. The van der Waals surface area contributed by atoms with Crippen LogP contribution in [0.1, 0.15) is 173 Å². The molecule has 15 rings (SSSR count). The van der Waals surface area contributed by atoms with Crippen LogP contribution in [-0.2, 0) is 4.79 Å². The summed E-state index contributed by atoms with van der Waals surface area (Å²) in [6.07, 6.45) is 15.9. The number of rotatable bonds is 17. The van der Waals surface area contributed by atoms with Crippen LogP contribution < -0.4 is 31.1 Å². The van der Waals surface area contributed by atoms with Crippen molar-refractivity contribution in [2.45, 2.75) is 122 Å². The molecule has 0 atom stereocenters. The number of aliphatic hydroxyl groups is 2. The molecule has 0 aromatic carbocycles. The zero-order chi connectivity index (χ0) is 76.9. The van der Waals surface area contributed by atoms with E-state index in [1.165, 1.54) is 60.1 Å². The molecule has 0 spiro atoms. The van der Waals surface area contributed by atoms with E-state index in [1.54, 1.807) is 23.3 Å². The zero-order valence-electron chi connectivity index (χ0n) is 61.3. The van der Waals surface area contributed by atoms with Gasteiger partial charge in [0.2, 0.25) is 0 Å². The van der Waals surface area contributed by atoms with E-state index in [0.717, 1.165) is 154 Å². The Labute approximate surface area is 616 Å². The van der Waals surface area contributed by atoms with Crippen molar-refractivity contribution in [2.75, 3.05) is 144 Å². The van der Waals surface area contributed by atoms with Gasteiger partial charge in [0.05, 0.1) is 53.8 Å². The van der Waals surface area contributed by atoms with Gasteiger partial charge in [0.25, 0.3) is 31.1 Å². The van der Waals surface area contributed by atoms with Gasteiger partial charge in [0, 0.05) is 138 Å². The van der Waals surface area contributed by atoms with E-state index >= 15 is 0 Å². The van der Waals surface area contributed by atoms with Crippen molar-refractivity contribution < 1.29 is 63.8 Å². The van der Waals surface area contributed by atoms with Gasteiger partial charge in [-0.3, -0.25) is 23.6 Å². The summed E-state index contributed by atoms with van der Waals surface area (Å²) in [6, 6.07) is 5.59. The average Bonchev–Trinajstić information content (AvgIpc) is 1.66. The normalized spacial score (nSPS) is 21.3. The van der Waals surface area contributed by atoms with Crippen molar-refractivity contribution in [3.8, 4) is 0 Å². The number of hydrogen-bond acceptors (Lipinski definition) is 22. The third-order valence-corrected chi connectivity index (χ3v) is 20.9. The van der Waals surface area contributed by atoms with Gasteiger partial charge in [0.15, 0.2) is 34.0 Å². The summed E-state index contributed by atoms with van der Waals surface area (Å²) in [5.41, 5.74) is 5.92. The van der Waals surface area contributed by atoms with Gasteiger partial charge in [-0.25, -0.2) is 59.6 Å². The first-order chi connectivity index (χ1) is 52.1. The highest BCUT2D eigenvalue weighted by Crippen LogP contribution is 2.38. The van der Waals surface area contributed by atoms with Crippen LogP contribution in [0.25, 0.3) is 16.9 Å².